The monoisotopic (exact) mass is 445 g/mol. The highest BCUT2D eigenvalue weighted by atomic mass is 16.6. The van der Waals surface area contributed by atoms with Crippen LogP contribution in [0, 0.1) is 28.6 Å². The number of benzene rings is 1. The third-order valence-corrected chi connectivity index (χ3v) is 5.24. The average Bonchev–Trinajstić information content (AvgIpc) is 2.79. The molecule has 0 unspecified atom stereocenters. The Hall–Kier alpha value is -3.21. The van der Waals surface area contributed by atoms with Gasteiger partial charge in [-0.05, 0) is 33.6 Å². The highest BCUT2D eigenvalue weighted by Gasteiger charge is 2.54. The summed E-state index contributed by atoms with van der Waals surface area (Å²) in [5.74, 6) is -5.52. The fourth-order valence-corrected chi connectivity index (χ4v) is 3.72. The Morgan fingerprint density at radius 2 is 1.44 bits per heavy atom. The first-order chi connectivity index (χ1) is 15.3. The quantitative estimate of drug-likeness (QED) is 0.196. The minimum Gasteiger partial charge on any atom is -0.465 e. The zero-order valence-corrected chi connectivity index (χ0v) is 19.1. The van der Waals surface area contributed by atoms with Gasteiger partial charge in [-0.3, -0.25) is 19.2 Å². The Morgan fingerprint density at radius 3 is 1.88 bits per heavy atom. The summed E-state index contributed by atoms with van der Waals surface area (Å²) in [7, 11) is 0. The first-order valence-electron chi connectivity index (χ1n) is 10.8. The molecule has 0 amide bonds. The summed E-state index contributed by atoms with van der Waals surface area (Å²) in [5, 5.41) is 10.2. The molecule has 2 atom stereocenters. The number of ether oxygens (including phenoxy) is 3. The maximum Gasteiger partial charge on any atom is 0.326 e. The van der Waals surface area contributed by atoms with Crippen LogP contribution in [0.4, 0.5) is 0 Å². The minimum absolute atomic E-state index is 0.00515. The van der Waals surface area contributed by atoms with Gasteiger partial charge in [0, 0.05) is 17.9 Å². The Balaban J connectivity index is 3.44. The van der Waals surface area contributed by atoms with Crippen molar-refractivity contribution in [3.05, 3.63) is 35.9 Å². The molecule has 0 aliphatic rings. The van der Waals surface area contributed by atoms with E-state index in [1.165, 1.54) is 0 Å². The van der Waals surface area contributed by atoms with Crippen molar-refractivity contribution in [1.29, 1.82) is 5.26 Å². The molecule has 0 N–H and O–H groups in total. The number of hydrogen-bond donors (Lipinski definition) is 0. The fraction of sp³-hybridized carbons (Fsp3) is 0.542. The van der Waals surface area contributed by atoms with Crippen molar-refractivity contribution in [3.8, 4) is 6.07 Å². The van der Waals surface area contributed by atoms with Gasteiger partial charge in [0.2, 0.25) is 0 Å². The van der Waals surface area contributed by atoms with E-state index in [-0.39, 0.29) is 44.9 Å². The topological polar surface area (TPSA) is 120 Å². The minimum atomic E-state index is -1.92. The zero-order chi connectivity index (χ0) is 24.1. The molecular weight excluding hydrogens is 414 g/mol. The number of carbonyl (C=O) groups excluding carboxylic acids is 4. The molecule has 0 aliphatic heterocycles. The zero-order valence-electron chi connectivity index (χ0n) is 19.1. The summed E-state index contributed by atoms with van der Waals surface area (Å²) in [6.07, 6.45) is -0.261. The molecule has 174 valence electrons. The van der Waals surface area contributed by atoms with Gasteiger partial charge >= 0.3 is 17.9 Å². The predicted molar refractivity (Wildman–Crippen MR) is 115 cm³/mol. The molecule has 8 heteroatoms. The first kappa shape index (κ1) is 26.8. The van der Waals surface area contributed by atoms with Crippen LogP contribution in [0.1, 0.15) is 57.3 Å². The van der Waals surface area contributed by atoms with Gasteiger partial charge < -0.3 is 14.2 Å². The molecule has 0 aliphatic carbocycles. The molecule has 0 spiro atoms. The molecule has 0 bridgehead atoms. The summed E-state index contributed by atoms with van der Waals surface area (Å²) < 4.78 is 15.3. The van der Waals surface area contributed by atoms with Crippen LogP contribution >= 0.6 is 0 Å². The summed E-state index contributed by atoms with van der Waals surface area (Å²) in [6, 6.07) is 10.5. The van der Waals surface area contributed by atoms with Crippen LogP contribution in [-0.2, 0) is 28.6 Å². The molecule has 0 radical (unpaired) electrons. The molecule has 8 nitrogen and oxygen atoms in total. The summed E-state index contributed by atoms with van der Waals surface area (Å²) >= 11 is 0. The Kier molecular flexibility index (Phi) is 11.1. The Labute approximate surface area is 188 Å². The van der Waals surface area contributed by atoms with Crippen LogP contribution in [0.5, 0.6) is 0 Å². The lowest BCUT2D eigenvalue weighted by Gasteiger charge is -2.35. The third-order valence-electron chi connectivity index (χ3n) is 5.24. The van der Waals surface area contributed by atoms with Crippen molar-refractivity contribution in [2.75, 3.05) is 19.8 Å². The lowest BCUT2D eigenvalue weighted by atomic mass is 9.66. The molecule has 0 saturated heterocycles. The van der Waals surface area contributed by atoms with Crippen molar-refractivity contribution in [2.24, 2.45) is 17.3 Å². The Bertz CT molecular complexity index is 812. The second kappa shape index (κ2) is 13.3. The standard InChI is InChI=1S/C24H31NO7/c1-5-18(20(21(27)30-6-2)22(28)31-7-3)24(16-25,23(29)32-8-4)15-14-19(26)17-12-10-9-11-13-17/h9-13,18,20H,5-8,14-15H2,1-4H3/t18-,24-/m0/s1. The van der Waals surface area contributed by atoms with Crippen molar-refractivity contribution in [2.45, 2.75) is 47.0 Å². The van der Waals surface area contributed by atoms with E-state index >= 15 is 0 Å². The molecule has 0 saturated carbocycles. The number of rotatable bonds is 13. The molecule has 0 aromatic heterocycles. The summed E-state index contributed by atoms with van der Waals surface area (Å²) in [6.45, 7) is 6.43. The van der Waals surface area contributed by atoms with Crippen molar-refractivity contribution in [3.63, 3.8) is 0 Å². The predicted octanol–water partition coefficient (Wildman–Crippen LogP) is 3.49. The van der Waals surface area contributed by atoms with E-state index in [1.807, 2.05) is 6.07 Å². The third kappa shape index (κ3) is 6.39. The summed E-state index contributed by atoms with van der Waals surface area (Å²) in [5.41, 5.74) is -1.48. The first-order valence-corrected chi connectivity index (χ1v) is 10.8. The van der Waals surface area contributed by atoms with E-state index in [2.05, 4.69) is 0 Å². The largest absolute Gasteiger partial charge is 0.465 e. The maximum absolute atomic E-state index is 13.1. The SMILES string of the molecule is CCOC(=O)C(C(=O)OCC)[C@H](CC)[C@@](C#N)(CCC(=O)c1ccccc1)C(=O)OCC. The van der Waals surface area contributed by atoms with E-state index in [1.54, 1.807) is 58.0 Å². The molecule has 32 heavy (non-hydrogen) atoms. The summed E-state index contributed by atoms with van der Waals surface area (Å²) in [4.78, 5) is 51.2. The van der Waals surface area contributed by atoms with Crippen molar-refractivity contribution in [1.82, 2.24) is 0 Å². The van der Waals surface area contributed by atoms with E-state index in [4.69, 9.17) is 14.2 Å². The molecule has 0 fully saturated rings. The maximum atomic E-state index is 13.1. The normalized spacial score (nSPS) is 13.4. The van der Waals surface area contributed by atoms with E-state index < -0.39 is 35.2 Å². The smallest absolute Gasteiger partial charge is 0.326 e. The number of hydrogen-bond acceptors (Lipinski definition) is 8. The molecule has 1 aromatic rings. The van der Waals surface area contributed by atoms with Gasteiger partial charge in [0.25, 0.3) is 0 Å². The number of ketones is 1. The highest BCUT2D eigenvalue weighted by Crippen LogP contribution is 2.42. The van der Waals surface area contributed by atoms with E-state index in [0.717, 1.165) is 0 Å². The van der Waals surface area contributed by atoms with Gasteiger partial charge in [-0.1, -0.05) is 37.3 Å². The van der Waals surface area contributed by atoms with Gasteiger partial charge in [-0.25, -0.2) is 0 Å². The molecular formula is C24H31NO7. The number of nitriles is 1. The van der Waals surface area contributed by atoms with Crippen LogP contribution in [0.2, 0.25) is 0 Å². The second-order valence-corrected chi connectivity index (χ2v) is 7.09. The van der Waals surface area contributed by atoms with Crippen LogP contribution < -0.4 is 0 Å². The van der Waals surface area contributed by atoms with E-state index in [9.17, 15) is 24.4 Å². The fourth-order valence-electron chi connectivity index (χ4n) is 3.72. The lowest BCUT2D eigenvalue weighted by Crippen LogP contribution is -2.48. The second-order valence-electron chi connectivity index (χ2n) is 7.09. The molecule has 1 rings (SSSR count). The van der Waals surface area contributed by atoms with Crippen LogP contribution in [0.25, 0.3) is 0 Å². The van der Waals surface area contributed by atoms with Gasteiger partial charge in [-0.2, -0.15) is 5.26 Å². The van der Waals surface area contributed by atoms with Gasteiger partial charge in [0.1, 0.15) is 0 Å². The number of carbonyl (C=O) groups is 4. The molecule has 0 heterocycles. The average molecular weight is 446 g/mol. The van der Waals surface area contributed by atoms with Gasteiger partial charge in [0.05, 0.1) is 25.9 Å². The van der Waals surface area contributed by atoms with Crippen LogP contribution in [0.15, 0.2) is 30.3 Å². The van der Waals surface area contributed by atoms with Crippen LogP contribution in [0.3, 0.4) is 0 Å². The van der Waals surface area contributed by atoms with Crippen molar-refractivity contribution >= 4 is 23.7 Å². The molecule has 1 aromatic carbocycles. The van der Waals surface area contributed by atoms with Crippen LogP contribution in [-0.4, -0.2) is 43.5 Å². The Morgan fingerprint density at radius 1 is 0.906 bits per heavy atom. The highest BCUT2D eigenvalue weighted by molar-refractivity contribution is 5.98. The van der Waals surface area contributed by atoms with E-state index in [0.29, 0.717) is 5.56 Å². The number of nitrogens with zero attached hydrogens (tertiary/aromatic N) is 1. The number of esters is 3. The van der Waals surface area contributed by atoms with Gasteiger partial charge in [0.15, 0.2) is 17.1 Å². The number of Topliss-reactive ketones (excluding diaryl/α,β-unsaturated/α-hetero) is 1. The lowest BCUT2D eigenvalue weighted by molar-refractivity contribution is -0.170. The van der Waals surface area contributed by atoms with Gasteiger partial charge in [-0.15, -0.1) is 0 Å². The van der Waals surface area contributed by atoms with Crippen molar-refractivity contribution < 1.29 is 33.4 Å².